The molecule has 0 radical (unpaired) electrons. The van der Waals surface area contributed by atoms with Gasteiger partial charge in [0.25, 0.3) is 0 Å². The van der Waals surface area contributed by atoms with E-state index < -0.39 is 10.6 Å². The van der Waals surface area contributed by atoms with Crippen molar-refractivity contribution in [3.05, 3.63) is 28.3 Å². The number of carbonyl (C=O) groups is 1. The highest BCUT2D eigenvalue weighted by Gasteiger charge is 2.12. The highest BCUT2D eigenvalue weighted by molar-refractivity contribution is 7.80. The Kier molecular flexibility index (Phi) is 6.34. The van der Waals surface area contributed by atoms with E-state index in [9.17, 15) is 9.00 Å². The molecule has 106 valence electrons. The molecule has 0 atom stereocenters. The van der Waals surface area contributed by atoms with Crippen LogP contribution in [0.15, 0.2) is 12.1 Å². The number of benzene rings is 1. The summed E-state index contributed by atoms with van der Waals surface area (Å²) < 4.78 is 13.6. The van der Waals surface area contributed by atoms with Gasteiger partial charge in [0.15, 0.2) is 0 Å². The van der Waals surface area contributed by atoms with Crippen LogP contribution in [0, 0.1) is 6.92 Å². The highest BCUT2D eigenvalue weighted by Crippen LogP contribution is 2.30. The first kappa shape index (κ1) is 16.0. The molecule has 0 fully saturated rings. The van der Waals surface area contributed by atoms with Crippen LogP contribution >= 0.6 is 11.6 Å². The molecule has 0 saturated heterocycles. The fraction of sp³-hybridized carbons (Fsp3) is 0.385. The number of aryl methyl sites for hydroxylation is 1. The standard InChI is InChI=1S/C13H18ClN2O2S/c1-4-5-16(9-17)13-10(2)6-11(7-12(13)14)8-15-19(3)18/h6-7,9H,3-5,8H2,1-2H3,(H,15,18)/q-1. The zero-order valence-corrected chi connectivity index (χ0v) is 12.7. The van der Waals surface area contributed by atoms with Crippen LogP contribution in [0.3, 0.4) is 0 Å². The summed E-state index contributed by atoms with van der Waals surface area (Å²) in [4.78, 5) is 12.7. The first-order valence-electron chi connectivity index (χ1n) is 5.95. The molecule has 1 aromatic carbocycles. The van der Waals surface area contributed by atoms with E-state index in [0.29, 0.717) is 18.1 Å². The second-order valence-electron chi connectivity index (χ2n) is 4.21. The van der Waals surface area contributed by atoms with E-state index in [2.05, 4.69) is 10.6 Å². The fourth-order valence-electron chi connectivity index (χ4n) is 1.90. The second kappa shape index (κ2) is 7.53. The Labute approximate surface area is 120 Å². The highest BCUT2D eigenvalue weighted by atomic mass is 35.5. The summed E-state index contributed by atoms with van der Waals surface area (Å²) in [5.41, 5.74) is 2.56. The van der Waals surface area contributed by atoms with Gasteiger partial charge in [-0.3, -0.25) is 4.79 Å². The number of anilines is 1. The lowest BCUT2D eigenvalue weighted by atomic mass is 10.1. The number of amides is 1. The van der Waals surface area contributed by atoms with Gasteiger partial charge in [-0.25, -0.2) is 10.6 Å². The molecule has 4 nitrogen and oxygen atoms in total. The van der Waals surface area contributed by atoms with Crippen LogP contribution in [0.25, 0.3) is 0 Å². The Balaban J connectivity index is 3.05. The molecule has 0 aliphatic carbocycles. The number of halogens is 1. The van der Waals surface area contributed by atoms with Gasteiger partial charge in [0.2, 0.25) is 6.41 Å². The van der Waals surface area contributed by atoms with Crippen molar-refractivity contribution in [3.63, 3.8) is 0 Å². The molecule has 0 aromatic heterocycles. The van der Waals surface area contributed by atoms with Crippen LogP contribution in [0.4, 0.5) is 5.69 Å². The summed E-state index contributed by atoms with van der Waals surface area (Å²) >= 11 is 6.24. The summed E-state index contributed by atoms with van der Waals surface area (Å²) in [5.74, 6) is 3.36. The van der Waals surface area contributed by atoms with Crippen molar-refractivity contribution in [2.45, 2.75) is 26.8 Å². The van der Waals surface area contributed by atoms with Crippen molar-refractivity contribution < 1.29 is 9.00 Å². The summed E-state index contributed by atoms with van der Waals surface area (Å²) in [7, 11) is -1.31. The third-order valence-electron chi connectivity index (χ3n) is 2.63. The van der Waals surface area contributed by atoms with Gasteiger partial charge in [-0.2, -0.15) is 5.87 Å². The molecule has 0 unspecified atom stereocenters. The number of nitrogens with one attached hydrogen (secondary N) is 1. The van der Waals surface area contributed by atoms with E-state index in [1.54, 1.807) is 11.0 Å². The van der Waals surface area contributed by atoms with E-state index in [1.807, 2.05) is 19.9 Å². The molecule has 1 amide bonds. The number of carbonyl (C=O) groups excluding carboxylic acids is 1. The van der Waals surface area contributed by atoms with Crippen LogP contribution in [0.2, 0.25) is 5.02 Å². The van der Waals surface area contributed by atoms with E-state index in [0.717, 1.165) is 29.6 Å². The normalized spacial score (nSPS) is 10.7. The number of rotatable bonds is 7. The van der Waals surface area contributed by atoms with Gasteiger partial charge in [-0.15, -0.1) is 0 Å². The minimum atomic E-state index is -1.31. The predicted octanol–water partition coefficient (Wildman–Crippen LogP) is 2.42. The summed E-state index contributed by atoms with van der Waals surface area (Å²) in [6.45, 7) is 4.95. The molecule has 0 aliphatic rings. The Morgan fingerprint density at radius 1 is 1.53 bits per heavy atom. The molecule has 19 heavy (non-hydrogen) atoms. The van der Waals surface area contributed by atoms with Gasteiger partial charge in [-0.1, -0.05) is 24.6 Å². The van der Waals surface area contributed by atoms with Crippen molar-refractivity contribution >= 4 is 40.1 Å². The van der Waals surface area contributed by atoms with E-state index >= 15 is 0 Å². The number of hydrogen-bond acceptors (Lipinski definition) is 3. The molecule has 0 aliphatic heterocycles. The van der Waals surface area contributed by atoms with Gasteiger partial charge in [0, 0.05) is 13.1 Å². The maximum absolute atomic E-state index is 11.1. The molecule has 1 N–H and O–H groups in total. The van der Waals surface area contributed by atoms with E-state index in [-0.39, 0.29) is 0 Å². The third-order valence-corrected chi connectivity index (χ3v) is 3.38. The lowest BCUT2D eigenvalue weighted by molar-refractivity contribution is -0.107. The van der Waals surface area contributed by atoms with Crippen LogP contribution in [-0.4, -0.2) is 18.8 Å². The molecule has 0 heterocycles. The third kappa shape index (κ3) is 4.53. The van der Waals surface area contributed by atoms with Crippen molar-refractivity contribution in [3.8, 4) is 0 Å². The van der Waals surface area contributed by atoms with Gasteiger partial charge in [0.1, 0.15) is 0 Å². The molecular formula is C13H18ClN2O2S-. The van der Waals surface area contributed by atoms with Crippen LogP contribution < -0.4 is 9.62 Å². The van der Waals surface area contributed by atoms with Crippen LogP contribution in [0.1, 0.15) is 24.5 Å². The Bertz CT molecular complexity index is 498. The number of hydrogen-bond donors (Lipinski definition) is 1. The quantitative estimate of drug-likeness (QED) is 0.478. The van der Waals surface area contributed by atoms with Gasteiger partial charge in [-0.05, 0) is 30.5 Å². The van der Waals surface area contributed by atoms with E-state index in [1.165, 1.54) is 0 Å². The Hall–Kier alpha value is -1.04. The van der Waals surface area contributed by atoms with Crippen molar-refractivity contribution in [1.29, 1.82) is 0 Å². The van der Waals surface area contributed by atoms with Gasteiger partial charge < -0.3 is 13.8 Å². The first-order chi connectivity index (χ1) is 8.99. The largest absolute Gasteiger partial charge is 0.448 e. The molecule has 1 rings (SSSR count). The van der Waals surface area contributed by atoms with E-state index in [4.69, 9.17) is 11.6 Å². The molecular weight excluding hydrogens is 284 g/mol. The summed E-state index contributed by atoms with van der Waals surface area (Å²) in [5, 5.41) is 0.521. The zero-order chi connectivity index (χ0) is 14.4. The fourth-order valence-corrected chi connectivity index (χ4v) is 2.62. The average molecular weight is 302 g/mol. The lowest BCUT2D eigenvalue weighted by Crippen LogP contribution is -2.23. The maximum atomic E-state index is 11.1. The van der Waals surface area contributed by atoms with Crippen molar-refractivity contribution in [2.24, 2.45) is 0 Å². The van der Waals surface area contributed by atoms with Gasteiger partial charge in [0.05, 0.1) is 10.7 Å². The van der Waals surface area contributed by atoms with Gasteiger partial charge >= 0.3 is 0 Å². The Morgan fingerprint density at radius 2 is 2.21 bits per heavy atom. The van der Waals surface area contributed by atoms with Crippen molar-refractivity contribution in [2.75, 3.05) is 11.4 Å². The van der Waals surface area contributed by atoms with Crippen LogP contribution in [-0.2, 0) is 26.1 Å². The van der Waals surface area contributed by atoms with Crippen molar-refractivity contribution in [1.82, 2.24) is 4.72 Å². The smallest absolute Gasteiger partial charge is 0.214 e. The Morgan fingerprint density at radius 3 is 2.68 bits per heavy atom. The average Bonchev–Trinajstić information content (AvgIpc) is 2.34. The molecule has 6 heteroatoms. The molecule has 1 aromatic rings. The summed E-state index contributed by atoms with van der Waals surface area (Å²) in [6.07, 6.45) is 1.65. The molecule has 0 spiro atoms. The molecule has 0 bridgehead atoms. The molecule has 0 saturated carbocycles. The predicted molar refractivity (Wildman–Crippen MR) is 81.9 cm³/mol. The first-order valence-corrected chi connectivity index (χ1v) is 7.65. The lowest BCUT2D eigenvalue weighted by Gasteiger charge is -2.21. The monoisotopic (exact) mass is 301 g/mol. The van der Waals surface area contributed by atoms with Crippen LogP contribution in [0.5, 0.6) is 0 Å². The maximum Gasteiger partial charge on any atom is 0.214 e. The minimum absolute atomic E-state index is 0.422. The summed E-state index contributed by atoms with van der Waals surface area (Å²) in [6, 6.07) is 3.70. The minimum Gasteiger partial charge on any atom is -0.448 e. The SMILES string of the molecule is C=[S-](=O)NCc1cc(C)c(N(C=O)CCC)c(Cl)c1. The second-order valence-corrected chi connectivity index (χ2v) is 5.60. The zero-order valence-electron chi connectivity index (χ0n) is 11.1. The topological polar surface area (TPSA) is 49.4 Å². The number of nitrogens with zero attached hydrogens (tertiary/aromatic N) is 1.